The van der Waals surface area contributed by atoms with E-state index >= 15 is 0 Å². The minimum Gasteiger partial charge on any atom is -0.352 e. The van der Waals surface area contributed by atoms with Crippen LogP contribution in [0.5, 0.6) is 0 Å². The molecular weight excluding hydrogens is 272 g/mol. The average Bonchev–Trinajstić information content (AvgIpc) is 2.82. The van der Waals surface area contributed by atoms with Crippen molar-refractivity contribution >= 4 is 11.8 Å². The van der Waals surface area contributed by atoms with Crippen LogP contribution >= 0.6 is 0 Å². The molecule has 0 bridgehead atoms. The number of hydrogen-bond donors (Lipinski definition) is 2. The molecule has 2 amide bonds. The molecule has 118 valence electrons. The zero-order valence-corrected chi connectivity index (χ0v) is 12.9. The van der Waals surface area contributed by atoms with Crippen LogP contribution in [0.4, 0.5) is 0 Å². The van der Waals surface area contributed by atoms with Crippen LogP contribution in [0.2, 0.25) is 0 Å². The van der Waals surface area contributed by atoms with E-state index in [0.717, 1.165) is 5.69 Å². The third kappa shape index (κ3) is 5.90. The fourth-order valence-corrected chi connectivity index (χ4v) is 1.83. The first kappa shape index (κ1) is 17.1. The highest BCUT2D eigenvalue weighted by Gasteiger charge is 2.17. The summed E-state index contributed by atoms with van der Waals surface area (Å²) in [6, 6.07) is 0.0560. The second kappa shape index (κ2) is 8.35. The third-order valence-corrected chi connectivity index (χ3v) is 2.80. The van der Waals surface area contributed by atoms with Crippen molar-refractivity contribution in [2.45, 2.75) is 39.8 Å². The monoisotopic (exact) mass is 296 g/mol. The van der Waals surface area contributed by atoms with Crippen molar-refractivity contribution < 1.29 is 9.59 Å². The Labute approximate surface area is 124 Å². The molecule has 0 saturated heterocycles. The van der Waals surface area contributed by atoms with E-state index in [2.05, 4.69) is 15.6 Å². The van der Waals surface area contributed by atoms with Crippen molar-refractivity contribution in [2.24, 2.45) is 5.73 Å². The second-order valence-electron chi connectivity index (χ2n) is 5.08. The molecular formula is C13H24N6O2. The Kier molecular flexibility index (Phi) is 6.80. The van der Waals surface area contributed by atoms with E-state index in [4.69, 9.17) is 5.73 Å². The fraction of sp³-hybridized carbons (Fsp3) is 0.692. The number of aromatic nitrogens is 3. The second-order valence-corrected chi connectivity index (χ2v) is 5.08. The van der Waals surface area contributed by atoms with Gasteiger partial charge in [-0.1, -0.05) is 5.21 Å². The molecule has 0 fully saturated rings. The van der Waals surface area contributed by atoms with E-state index in [-0.39, 0.29) is 30.9 Å². The smallest absolute Gasteiger partial charge is 0.244 e. The summed E-state index contributed by atoms with van der Waals surface area (Å²) >= 11 is 0. The van der Waals surface area contributed by atoms with E-state index in [1.807, 2.05) is 20.8 Å². The summed E-state index contributed by atoms with van der Waals surface area (Å²) < 4.78 is 1.47. The van der Waals surface area contributed by atoms with E-state index in [1.54, 1.807) is 6.20 Å². The van der Waals surface area contributed by atoms with Gasteiger partial charge in [0.05, 0.1) is 12.2 Å². The Hall–Kier alpha value is -1.96. The summed E-state index contributed by atoms with van der Waals surface area (Å²) in [5, 5.41) is 10.6. The molecule has 0 aromatic carbocycles. The number of rotatable bonds is 8. The number of carbonyl (C=O) groups is 2. The van der Waals surface area contributed by atoms with Crippen LogP contribution in [0.15, 0.2) is 6.20 Å². The maximum absolute atomic E-state index is 12.2. The van der Waals surface area contributed by atoms with Gasteiger partial charge in [-0.15, -0.1) is 5.10 Å². The molecule has 0 radical (unpaired) electrons. The van der Waals surface area contributed by atoms with Gasteiger partial charge in [0.15, 0.2) is 0 Å². The van der Waals surface area contributed by atoms with Gasteiger partial charge >= 0.3 is 0 Å². The summed E-state index contributed by atoms with van der Waals surface area (Å²) in [6.45, 7) is 6.67. The van der Waals surface area contributed by atoms with Gasteiger partial charge in [0.1, 0.15) is 6.54 Å². The molecule has 8 nitrogen and oxygen atoms in total. The van der Waals surface area contributed by atoms with E-state index in [0.29, 0.717) is 19.5 Å². The van der Waals surface area contributed by atoms with Crippen LogP contribution in [0.25, 0.3) is 0 Å². The van der Waals surface area contributed by atoms with Crippen molar-refractivity contribution in [3.63, 3.8) is 0 Å². The van der Waals surface area contributed by atoms with Crippen molar-refractivity contribution in [1.29, 1.82) is 0 Å². The van der Waals surface area contributed by atoms with Crippen LogP contribution in [-0.4, -0.2) is 57.4 Å². The Balaban J connectivity index is 2.55. The Morgan fingerprint density at radius 2 is 2.19 bits per heavy atom. The maximum Gasteiger partial charge on any atom is 0.244 e. The predicted molar refractivity (Wildman–Crippen MR) is 78.3 cm³/mol. The minimum absolute atomic E-state index is 0.0534. The number of carbonyl (C=O) groups excluding carboxylic acids is 2. The molecule has 8 heteroatoms. The maximum atomic E-state index is 12.2. The molecule has 0 atom stereocenters. The van der Waals surface area contributed by atoms with E-state index in [9.17, 15) is 9.59 Å². The number of nitrogens with two attached hydrogens (primary N) is 1. The zero-order valence-electron chi connectivity index (χ0n) is 12.9. The fourth-order valence-electron chi connectivity index (χ4n) is 1.83. The molecule has 21 heavy (non-hydrogen) atoms. The zero-order chi connectivity index (χ0) is 15.8. The first-order valence-electron chi connectivity index (χ1n) is 7.12. The van der Waals surface area contributed by atoms with Crippen LogP contribution < -0.4 is 11.1 Å². The Morgan fingerprint density at radius 1 is 1.48 bits per heavy atom. The normalized spacial score (nSPS) is 10.7. The van der Waals surface area contributed by atoms with Crippen molar-refractivity contribution in [2.75, 3.05) is 19.6 Å². The first-order chi connectivity index (χ1) is 9.96. The summed E-state index contributed by atoms with van der Waals surface area (Å²) in [4.78, 5) is 25.4. The van der Waals surface area contributed by atoms with Crippen LogP contribution in [0.1, 0.15) is 26.5 Å². The van der Waals surface area contributed by atoms with Crippen molar-refractivity contribution in [3.05, 3.63) is 11.9 Å². The average molecular weight is 296 g/mol. The first-order valence-corrected chi connectivity index (χ1v) is 7.12. The number of hydrogen-bond acceptors (Lipinski definition) is 5. The molecule has 1 rings (SSSR count). The predicted octanol–water partition coefficient (Wildman–Crippen LogP) is -0.848. The summed E-state index contributed by atoms with van der Waals surface area (Å²) in [5.41, 5.74) is 6.19. The van der Waals surface area contributed by atoms with Gasteiger partial charge in [-0.05, 0) is 27.3 Å². The SMILES string of the molecule is CCN(CC(=O)NC(C)C)C(=O)Cn1cc(CCN)nn1. The van der Waals surface area contributed by atoms with Gasteiger partial charge in [-0.2, -0.15) is 0 Å². The molecule has 1 aromatic rings. The highest BCUT2D eigenvalue weighted by atomic mass is 16.2. The Bertz CT molecular complexity index is 471. The summed E-state index contributed by atoms with van der Waals surface area (Å²) in [5.74, 6) is -0.330. The van der Waals surface area contributed by atoms with Crippen LogP contribution in [0, 0.1) is 0 Å². The third-order valence-electron chi connectivity index (χ3n) is 2.80. The van der Waals surface area contributed by atoms with Gasteiger partial charge in [0.2, 0.25) is 11.8 Å². The molecule has 3 N–H and O–H groups in total. The molecule has 0 spiro atoms. The van der Waals surface area contributed by atoms with Gasteiger partial charge in [-0.3, -0.25) is 9.59 Å². The molecule has 1 aromatic heterocycles. The molecule has 1 heterocycles. The highest BCUT2D eigenvalue weighted by molar-refractivity contribution is 5.84. The standard InChI is InChI=1S/C13H24N6O2/c1-4-18(8-12(20)15-10(2)3)13(21)9-19-7-11(5-6-14)16-17-19/h7,10H,4-6,8-9,14H2,1-3H3,(H,15,20). The molecule has 0 aliphatic carbocycles. The lowest BCUT2D eigenvalue weighted by molar-refractivity contribution is -0.136. The molecule has 0 saturated carbocycles. The van der Waals surface area contributed by atoms with E-state index < -0.39 is 0 Å². The molecule has 0 aliphatic rings. The topological polar surface area (TPSA) is 106 Å². The van der Waals surface area contributed by atoms with Gasteiger partial charge in [0.25, 0.3) is 0 Å². The number of likely N-dealkylation sites (N-methyl/N-ethyl adjacent to an activating group) is 1. The number of nitrogens with zero attached hydrogens (tertiary/aromatic N) is 4. The van der Waals surface area contributed by atoms with Gasteiger partial charge < -0.3 is 16.0 Å². The van der Waals surface area contributed by atoms with Crippen molar-refractivity contribution in [1.82, 2.24) is 25.2 Å². The van der Waals surface area contributed by atoms with E-state index in [1.165, 1.54) is 9.58 Å². The number of amides is 2. The molecule has 0 unspecified atom stereocenters. The van der Waals surface area contributed by atoms with Gasteiger partial charge in [-0.25, -0.2) is 4.68 Å². The van der Waals surface area contributed by atoms with Crippen LogP contribution in [-0.2, 0) is 22.6 Å². The van der Waals surface area contributed by atoms with Gasteiger partial charge in [0, 0.05) is 25.2 Å². The lowest BCUT2D eigenvalue weighted by Crippen LogP contribution is -2.43. The van der Waals surface area contributed by atoms with Crippen molar-refractivity contribution in [3.8, 4) is 0 Å². The number of nitrogens with one attached hydrogen (secondary N) is 1. The minimum atomic E-state index is -0.166. The Morgan fingerprint density at radius 3 is 2.76 bits per heavy atom. The van der Waals surface area contributed by atoms with Crippen LogP contribution in [0.3, 0.4) is 0 Å². The summed E-state index contributed by atoms with van der Waals surface area (Å²) in [7, 11) is 0. The summed E-state index contributed by atoms with van der Waals surface area (Å²) in [6.07, 6.45) is 2.33. The highest BCUT2D eigenvalue weighted by Crippen LogP contribution is 1.97. The lowest BCUT2D eigenvalue weighted by Gasteiger charge is -2.21. The lowest BCUT2D eigenvalue weighted by atomic mass is 10.3. The quantitative estimate of drug-likeness (QED) is 0.650. The molecule has 0 aliphatic heterocycles. The largest absolute Gasteiger partial charge is 0.352 e.